The van der Waals surface area contributed by atoms with Crippen molar-refractivity contribution in [3.8, 4) is 0 Å². The van der Waals surface area contributed by atoms with Crippen LogP contribution < -0.4 is 5.56 Å². The zero-order valence-electron chi connectivity index (χ0n) is 9.03. The number of hydrogen-bond donors (Lipinski definition) is 1. The molecule has 0 spiro atoms. The van der Waals surface area contributed by atoms with Gasteiger partial charge in [0, 0.05) is 10.9 Å². The summed E-state index contributed by atoms with van der Waals surface area (Å²) in [6, 6.07) is 16.1. The number of hydrogen-bond acceptors (Lipinski definition) is 1. The maximum Gasteiger partial charge on any atom is 0.257 e. The SMILES string of the molecule is O=c1[nH]c2ccccc3c4ccccc4c1c23. The molecule has 0 atom stereocenters. The lowest BCUT2D eigenvalue weighted by atomic mass is 10.2. The fraction of sp³-hybridized carbons (Fsp3) is 0. The first kappa shape index (κ1) is 8.76. The van der Waals surface area contributed by atoms with Gasteiger partial charge in [0.25, 0.3) is 5.56 Å². The molecule has 1 N–H and O–H groups in total. The average Bonchev–Trinajstić information content (AvgIpc) is 2.75. The molecule has 2 nitrogen and oxygen atoms in total. The number of nitrogens with one attached hydrogen (secondary N) is 1. The van der Waals surface area contributed by atoms with E-state index >= 15 is 0 Å². The average molecular weight is 219 g/mol. The van der Waals surface area contributed by atoms with E-state index in [1.54, 1.807) is 0 Å². The summed E-state index contributed by atoms with van der Waals surface area (Å²) in [4.78, 5) is 14.9. The Balaban J connectivity index is 2.57. The molecule has 3 aromatic carbocycles. The molecule has 0 saturated carbocycles. The van der Waals surface area contributed by atoms with Gasteiger partial charge in [-0.05, 0) is 22.2 Å². The number of aromatic amines is 1. The summed E-state index contributed by atoms with van der Waals surface area (Å²) in [5.74, 6) is 0. The minimum Gasteiger partial charge on any atom is -0.321 e. The lowest BCUT2D eigenvalue weighted by Crippen LogP contribution is -1.96. The number of rotatable bonds is 0. The summed E-state index contributed by atoms with van der Waals surface area (Å²) in [6.07, 6.45) is 0. The van der Waals surface area contributed by atoms with E-state index in [-0.39, 0.29) is 5.56 Å². The van der Waals surface area contributed by atoms with Crippen LogP contribution >= 0.6 is 0 Å². The van der Waals surface area contributed by atoms with Crippen LogP contribution in [-0.4, -0.2) is 4.98 Å². The van der Waals surface area contributed by atoms with Gasteiger partial charge >= 0.3 is 0 Å². The first-order chi connectivity index (χ1) is 8.36. The van der Waals surface area contributed by atoms with Crippen molar-refractivity contribution >= 4 is 32.4 Å². The molecule has 1 aromatic heterocycles. The molecule has 0 fully saturated rings. The number of H-pyrrole nitrogens is 1. The fourth-order valence-corrected chi connectivity index (χ4v) is 2.70. The predicted molar refractivity (Wildman–Crippen MR) is 70.8 cm³/mol. The highest BCUT2D eigenvalue weighted by Gasteiger charge is 2.14. The molecule has 80 valence electrons. The van der Waals surface area contributed by atoms with Gasteiger partial charge in [-0.3, -0.25) is 4.79 Å². The topological polar surface area (TPSA) is 32.9 Å². The molecule has 0 aliphatic carbocycles. The van der Waals surface area contributed by atoms with Crippen LogP contribution in [0.1, 0.15) is 0 Å². The van der Waals surface area contributed by atoms with Crippen LogP contribution in [0.15, 0.2) is 53.3 Å². The normalized spacial score (nSPS) is 11.8. The third-order valence-corrected chi connectivity index (χ3v) is 3.39. The highest BCUT2D eigenvalue weighted by Crippen LogP contribution is 2.34. The number of fused-ring (bicyclic) bond motifs is 3. The van der Waals surface area contributed by atoms with Crippen molar-refractivity contribution in [2.75, 3.05) is 0 Å². The van der Waals surface area contributed by atoms with E-state index < -0.39 is 0 Å². The zero-order valence-corrected chi connectivity index (χ0v) is 9.03. The monoisotopic (exact) mass is 219 g/mol. The van der Waals surface area contributed by atoms with Gasteiger partial charge in [0.1, 0.15) is 0 Å². The van der Waals surface area contributed by atoms with Gasteiger partial charge in [-0.1, -0.05) is 42.5 Å². The minimum absolute atomic E-state index is 0.0115. The largest absolute Gasteiger partial charge is 0.321 e. The van der Waals surface area contributed by atoms with Crippen LogP contribution in [-0.2, 0) is 0 Å². The summed E-state index contributed by atoms with van der Waals surface area (Å²) < 4.78 is 0. The van der Waals surface area contributed by atoms with Crippen LogP contribution in [0.3, 0.4) is 0 Å². The van der Waals surface area contributed by atoms with Gasteiger partial charge in [0.2, 0.25) is 0 Å². The predicted octanol–water partition coefficient (Wildman–Crippen LogP) is 3.27. The van der Waals surface area contributed by atoms with Crippen LogP contribution in [0.2, 0.25) is 0 Å². The van der Waals surface area contributed by atoms with Crippen molar-refractivity contribution in [1.82, 2.24) is 4.98 Å². The third kappa shape index (κ3) is 0.972. The fourth-order valence-electron chi connectivity index (χ4n) is 2.70. The Bertz CT molecular complexity index is 905. The highest BCUT2D eigenvalue weighted by molar-refractivity contribution is 6.29. The summed E-state index contributed by atoms with van der Waals surface area (Å²) in [7, 11) is 0. The van der Waals surface area contributed by atoms with Crippen molar-refractivity contribution < 1.29 is 0 Å². The summed E-state index contributed by atoms with van der Waals surface area (Å²) in [5, 5.41) is 5.23. The van der Waals surface area contributed by atoms with Gasteiger partial charge in [-0.2, -0.15) is 0 Å². The molecule has 2 heteroatoms. The molecule has 1 heterocycles. The summed E-state index contributed by atoms with van der Waals surface area (Å²) >= 11 is 0. The second kappa shape index (κ2) is 2.86. The van der Waals surface area contributed by atoms with E-state index in [0.717, 1.165) is 32.4 Å². The van der Waals surface area contributed by atoms with Crippen molar-refractivity contribution in [3.63, 3.8) is 0 Å². The van der Waals surface area contributed by atoms with E-state index in [2.05, 4.69) is 17.1 Å². The Morgan fingerprint density at radius 2 is 1.29 bits per heavy atom. The standard InChI is InChI=1S/C15H9NO/c17-15-14-11-7-2-1-5-9(11)10-6-3-4-8-12(16-15)13(10)14/h1-8H,(H,16,17). The van der Waals surface area contributed by atoms with E-state index in [1.807, 2.05) is 36.4 Å². The number of benzene rings is 1. The minimum atomic E-state index is 0.0115. The van der Waals surface area contributed by atoms with Crippen molar-refractivity contribution in [3.05, 3.63) is 58.9 Å². The van der Waals surface area contributed by atoms with E-state index in [4.69, 9.17) is 0 Å². The molecule has 0 unspecified atom stereocenters. The van der Waals surface area contributed by atoms with Gasteiger partial charge in [0.15, 0.2) is 0 Å². The van der Waals surface area contributed by atoms with E-state index in [0.29, 0.717) is 0 Å². The molecule has 4 aromatic rings. The summed E-state index contributed by atoms with van der Waals surface area (Å²) in [5.41, 5.74) is 0.929. The lowest BCUT2D eigenvalue weighted by molar-refractivity contribution is 1.39. The Hall–Kier alpha value is -2.35. The van der Waals surface area contributed by atoms with E-state index in [1.165, 1.54) is 0 Å². The van der Waals surface area contributed by atoms with Crippen molar-refractivity contribution in [1.29, 1.82) is 0 Å². The van der Waals surface area contributed by atoms with Crippen molar-refractivity contribution in [2.24, 2.45) is 0 Å². The Kier molecular flexibility index (Phi) is 1.47. The molecular weight excluding hydrogens is 210 g/mol. The van der Waals surface area contributed by atoms with Crippen molar-refractivity contribution in [2.45, 2.75) is 0 Å². The Morgan fingerprint density at radius 3 is 2.06 bits per heavy atom. The molecule has 0 saturated heterocycles. The maximum absolute atomic E-state index is 12.0. The summed E-state index contributed by atoms with van der Waals surface area (Å²) in [6.45, 7) is 0. The maximum atomic E-state index is 12.0. The zero-order chi connectivity index (χ0) is 11.4. The van der Waals surface area contributed by atoms with Crippen LogP contribution in [0.4, 0.5) is 0 Å². The van der Waals surface area contributed by atoms with Crippen LogP contribution in [0.25, 0.3) is 32.4 Å². The van der Waals surface area contributed by atoms with Crippen LogP contribution in [0.5, 0.6) is 0 Å². The molecule has 0 aliphatic heterocycles. The van der Waals surface area contributed by atoms with Gasteiger partial charge < -0.3 is 4.98 Å². The lowest BCUT2D eigenvalue weighted by Gasteiger charge is -1.88. The molecular formula is C15H9NO. The van der Waals surface area contributed by atoms with Gasteiger partial charge in [0.05, 0.1) is 5.39 Å². The second-order valence-corrected chi connectivity index (χ2v) is 4.30. The molecule has 0 amide bonds. The molecule has 17 heavy (non-hydrogen) atoms. The number of aromatic nitrogens is 1. The van der Waals surface area contributed by atoms with E-state index in [9.17, 15) is 4.79 Å². The van der Waals surface area contributed by atoms with Gasteiger partial charge in [-0.15, -0.1) is 0 Å². The van der Waals surface area contributed by atoms with Crippen LogP contribution in [0, 0.1) is 0 Å². The van der Waals surface area contributed by atoms with Gasteiger partial charge in [-0.25, -0.2) is 0 Å². The molecule has 4 rings (SSSR count). The first-order valence-electron chi connectivity index (χ1n) is 5.61. The second-order valence-electron chi connectivity index (χ2n) is 4.30. The third-order valence-electron chi connectivity index (χ3n) is 3.39. The Morgan fingerprint density at radius 1 is 0.706 bits per heavy atom. The smallest absolute Gasteiger partial charge is 0.257 e. The Labute approximate surface area is 96.8 Å². The highest BCUT2D eigenvalue weighted by atomic mass is 16.1. The molecule has 0 bridgehead atoms. The first-order valence-corrected chi connectivity index (χ1v) is 5.61. The molecule has 0 aliphatic rings. The molecule has 0 radical (unpaired) electrons. The quantitative estimate of drug-likeness (QED) is 0.483.